The van der Waals surface area contributed by atoms with E-state index in [1.807, 2.05) is 86.6 Å². The lowest BCUT2D eigenvalue weighted by molar-refractivity contribution is -0.156. The number of ether oxygens (including phenoxy) is 1. The van der Waals surface area contributed by atoms with Crippen molar-refractivity contribution in [2.45, 2.75) is 52.7 Å². The third-order valence-electron chi connectivity index (χ3n) is 8.09. The molecule has 3 aromatic rings. The van der Waals surface area contributed by atoms with Crippen LogP contribution in [-0.4, -0.2) is 29.0 Å². The normalized spacial score (nSPS) is 21.6. The van der Waals surface area contributed by atoms with Gasteiger partial charge in [0.25, 0.3) is 0 Å². The van der Waals surface area contributed by atoms with Crippen molar-refractivity contribution in [2.24, 2.45) is 16.7 Å². The van der Waals surface area contributed by atoms with Crippen LogP contribution >= 0.6 is 0 Å². The molecule has 0 spiro atoms. The van der Waals surface area contributed by atoms with E-state index in [-0.39, 0.29) is 18.9 Å². The predicted molar refractivity (Wildman–Crippen MR) is 138 cm³/mol. The van der Waals surface area contributed by atoms with Gasteiger partial charge in [-0.2, -0.15) is 0 Å². The van der Waals surface area contributed by atoms with Gasteiger partial charge in [-0.05, 0) is 47.1 Å². The Morgan fingerprint density at radius 3 is 2.28 bits per heavy atom. The highest BCUT2D eigenvalue weighted by Crippen LogP contribution is 2.56. The van der Waals surface area contributed by atoms with Gasteiger partial charge in [-0.25, -0.2) is 4.79 Å². The Balaban J connectivity index is 1.55. The van der Waals surface area contributed by atoms with Crippen molar-refractivity contribution >= 4 is 28.6 Å². The molecule has 4 rings (SSSR count). The highest BCUT2D eigenvalue weighted by Gasteiger charge is 2.58. The first-order chi connectivity index (χ1) is 17.1. The molecule has 1 amide bonds. The Labute approximate surface area is 211 Å². The van der Waals surface area contributed by atoms with E-state index in [0.717, 1.165) is 21.9 Å². The second-order valence-corrected chi connectivity index (χ2v) is 10.5. The topological polar surface area (TPSA) is 92.7 Å². The summed E-state index contributed by atoms with van der Waals surface area (Å²) in [6, 6.07) is 22.4. The van der Waals surface area contributed by atoms with Crippen LogP contribution in [0.25, 0.3) is 10.8 Å². The first-order valence-corrected chi connectivity index (χ1v) is 12.3. The molecule has 2 N–H and O–H groups in total. The highest BCUT2D eigenvalue weighted by atomic mass is 16.5. The van der Waals surface area contributed by atoms with Gasteiger partial charge in [-0.1, -0.05) is 86.6 Å². The number of carboxylic acids is 1. The minimum Gasteiger partial charge on any atom is -0.481 e. The molecule has 1 fully saturated rings. The van der Waals surface area contributed by atoms with Gasteiger partial charge in [0.1, 0.15) is 12.6 Å². The van der Waals surface area contributed by atoms with Gasteiger partial charge in [0.05, 0.1) is 5.41 Å². The lowest BCUT2D eigenvalue weighted by Gasteiger charge is -2.38. The van der Waals surface area contributed by atoms with E-state index in [1.165, 1.54) is 0 Å². The van der Waals surface area contributed by atoms with Crippen molar-refractivity contribution in [3.8, 4) is 0 Å². The summed E-state index contributed by atoms with van der Waals surface area (Å²) in [6.45, 7) is 5.45. The molecule has 6 heteroatoms. The third kappa shape index (κ3) is 4.99. The monoisotopic (exact) mass is 487 g/mol. The van der Waals surface area contributed by atoms with Gasteiger partial charge in [0.15, 0.2) is 0 Å². The molecule has 1 aliphatic carbocycles. The predicted octanol–water partition coefficient (Wildman–Crippen LogP) is 5.14. The number of esters is 1. The number of rotatable bonds is 8. The van der Waals surface area contributed by atoms with Gasteiger partial charge in [0, 0.05) is 12.3 Å². The van der Waals surface area contributed by atoms with Crippen molar-refractivity contribution in [2.75, 3.05) is 0 Å². The summed E-state index contributed by atoms with van der Waals surface area (Å²) in [5, 5.41) is 14.9. The van der Waals surface area contributed by atoms with E-state index in [2.05, 4.69) is 5.32 Å². The minimum absolute atomic E-state index is 0.107. The van der Waals surface area contributed by atoms with Crippen molar-refractivity contribution < 1.29 is 24.2 Å². The quantitative estimate of drug-likeness (QED) is 0.429. The molecule has 0 radical (unpaired) electrons. The Hall–Kier alpha value is -3.67. The lowest BCUT2D eigenvalue weighted by Crippen LogP contribution is -2.50. The zero-order valence-corrected chi connectivity index (χ0v) is 21.0. The van der Waals surface area contributed by atoms with Gasteiger partial charge in [-0.15, -0.1) is 0 Å². The molecule has 3 unspecified atom stereocenters. The van der Waals surface area contributed by atoms with Crippen LogP contribution < -0.4 is 5.32 Å². The third-order valence-corrected chi connectivity index (χ3v) is 8.09. The van der Waals surface area contributed by atoms with E-state index in [4.69, 9.17) is 4.74 Å². The fourth-order valence-corrected chi connectivity index (χ4v) is 5.24. The van der Waals surface area contributed by atoms with Crippen molar-refractivity contribution in [3.05, 3.63) is 83.9 Å². The maximum absolute atomic E-state index is 13.5. The summed E-state index contributed by atoms with van der Waals surface area (Å²) in [7, 11) is 0. The van der Waals surface area contributed by atoms with Gasteiger partial charge >= 0.3 is 11.9 Å². The molecule has 1 saturated carbocycles. The second-order valence-electron chi connectivity index (χ2n) is 10.5. The summed E-state index contributed by atoms with van der Waals surface area (Å²) in [4.78, 5) is 38.7. The summed E-state index contributed by atoms with van der Waals surface area (Å²) in [5.74, 6) is -2.26. The Bertz CT molecular complexity index is 1270. The first kappa shape index (κ1) is 25.4. The van der Waals surface area contributed by atoms with Crippen LogP contribution in [0.15, 0.2) is 72.8 Å². The van der Waals surface area contributed by atoms with Crippen LogP contribution in [0, 0.1) is 16.7 Å². The minimum atomic E-state index is -1.02. The largest absolute Gasteiger partial charge is 0.481 e. The first-order valence-electron chi connectivity index (χ1n) is 12.3. The number of amides is 1. The van der Waals surface area contributed by atoms with Crippen LogP contribution in [0.1, 0.15) is 44.7 Å². The number of fused-ring (bicyclic) bond motifs is 1. The SMILES string of the molecule is CC1(C(=O)O)CCC(C(=O)NC(Cc2ccc3ccccc3c2)C(=O)OCc2ccccc2)C1(C)C. The molecule has 188 valence electrons. The fourth-order valence-electron chi connectivity index (χ4n) is 5.24. The number of hydrogen-bond acceptors (Lipinski definition) is 4. The number of nitrogens with one attached hydrogen (secondary N) is 1. The zero-order valence-electron chi connectivity index (χ0n) is 21.0. The van der Waals surface area contributed by atoms with E-state index in [0.29, 0.717) is 12.8 Å². The molecule has 0 saturated heterocycles. The van der Waals surface area contributed by atoms with Gasteiger partial charge in [-0.3, -0.25) is 9.59 Å². The van der Waals surface area contributed by atoms with Gasteiger partial charge < -0.3 is 15.2 Å². The van der Waals surface area contributed by atoms with Crippen LogP contribution in [0.2, 0.25) is 0 Å². The van der Waals surface area contributed by atoms with Gasteiger partial charge in [0.2, 0.25) is 5.91 Å². The number of aliphatic carboxylic acids is 1. The molecule has 0 aromatic heterocycles. The van der Waals surface area contributed by atoms with E-state index in [9.17, 15) is 19.5 Å². The van der Waals surface area contributed by atoms with E-state index >= 15 is 0 Å². The van der Waals surface area contributed by atoms with Crippen molar-refractivity contribution in [1.29, 1.82) is 0 Å². The van der Waals surface area contributed by atoms with E-state index in [1.54, 1.807) is 6.92 Å². The summed E-state index contributed by atoms with van der Waals surface area (Å²) < 4.78 is 5.60. The molecule has 3 aromatic carbocycles. The average molecular weight is 488 g/mol. The number of carbonyl (C=O) groups excluding carboxylic acids is 2. The smallest absolute Gasteiger partial charge is 0.329 e. The maximum Gasteiger partial charge on any atom is 0.329 e. The van der Waals surface area contributed by atoms with Crippen molar-refractivity contribution in [3.63, 3.8) is 0 Å². The Morgan fingerprint density at radius 2 is 1.61 bits per heavy atom. The molecule has 3 atom stereocenters. The Morgan fingerprint density at radius 1 is 0.944 bits per heavy atom. The molecular weight excluding hydrogens is 454 g/mol. The molecule has 36 heavy (non-hydrogen) atoms. The summed E-state index contributed by atoms with van der Waals surface area (Å²) in [6.07, 6.45) is 1.12. The molecule has 1 aliphatic rings. The summed E-state index contributed by atoms with van der Waals surface area (Å²) in [5.41, 5.74) is -0.0337. The number of hydrogen-bond donors (Lipinski definition) is 2. The van der Waals surface area contributed by atoms with Crippen molar-refractivity contribution in [1.82, 2.24) is 5.32 Å². The fraction of sp³-hybridized carbons (Fsp3) is 0.367. The number of benzene rings is 3. The van der Waals surface area contributed by atoms with Crippen LogP contribution in [-0.2, 0) is 32.1 Å². The molecular formula is C30H33NO5. The van der Waals surface area contributed by atoms with E-state index < -0.39 is 34.7 Å². The number of carbonyl (C=O) groups is 3. The Kier molecular flexibility index (Phi) is 7.16. The number of carboxylic acid groups (broad SMARTS) is 1. The molecule has 0 aliphatic heterocycles. The van der Waals surface area contributed by atoms with Crippen LogP contribution in [0.3, 0.4) is 0 Å². The highest BCUT2D eigenvalue weighted by molar-refractivity contribution is 5.88. The van der Waals surface area contributed by atoms with Crippen LogP contribution in [0.5, 0.6) is 0 Å². The summed E-state index contributed by atoms with van der Waals surface area (Å²) >= 11 is 0. The standard InChI is InChI=1S/C30H33NO5/c1-29(2)24(15-16-30(29,3)28(34)35)26(32)31-25(27(33)36-19-20-9-5-4-6-10-20)18-21-13-14-22-11-7-8-12-23(22)17-21/h4-14,17,24-25H,15-16,18-19H2,1-3H3,(H,31,32)(H,34,35). The maximum atomic E-state index is 13.5. The molecule has 6 nitrogen and oxygen atoms in total. The molecule has 0 bridgehead atoms. The lowest BCUT2D eigenvalue weighted by atomic mass is 9.65. The second kappa shape index (κ2) is 10.1. The van der Waals surface area contributed by atoms with Crippen LogP contribution in [0.4, 0.5) is 0 Å². The molecule has 0 heterocycles. The average Bonchev–Trinajstić information content (AvgIpc) is 3.12. The zero-order chi connectivity index (χ0) is 25.9.